The van der Waals surface area contributed by atoms with Gasteiger partial charge in [-0.15, -0.1) is 69.6 Å². The standard InChI is InChI=1S/2C25H23.2CH3.2ClH.Si.Zr/c2*1-4-19-15-24-22(20-9-5-17(2)6-10-20)13-14-23(25(24)16-19)21-11-7-18(3)8-12-21;;;;;;/h2*5-16H,4H2,1-3H3;2*1H3;2*1H;;/q4*-1;;;;. The first-order valence-electron chi connectivity index (χ1n) is 18.3. The first-order chi connectivity index (χ1) is 25.3. The molecule has 0 saturated carbocycles. The zero-order valence-corrected chi connectivity index (χ0v) is 39.2. The van der Waals surface area contributed by atoms with Crippen molar-refractivity contribution >= 4 is 53.2 Å². The number of fused-ring (bicyclic) bond motifs is 2. The Morgan fingerprint density at radius 1 is 0.393 bits per heavy atom. The zero-order valence-electron chi connectivity index (χ0n) is 34.1. The summed E-state index contributed by atoms with van der Waals surface area (Å²) < 4.78 is 0. The molecule has 0 nitrogen and oxygen atoms in total. The molecular formula is C52H54Cl2SiZr-4. The molecule has 0 fully saturated rings. The molecule has 8 aromatic rings. The van der Waals surface area contributed by atoms with Crippen LogP contribution >= 0.6 is 24.8 Å². The summed E-state index contributed by atoms with van der Waals surface area (Å²) in [5.41, 5.74) is 18.5. The summed E-state index contributed by atoms with van der Waals surface area (Å²) in [5, 5.41) is 5.44. The van der Waals surface area contributed by atoms with E-state index in [0.29, 0.717) is 0 Å². The number of hydrogen-bond acceptors (Lipinski definition) is 0. The third kappa shape index (κ3) is 10.8. The predicted molar refractivity (Wildman–Crippen MR) is 252 cm³/mol. The Bertz CT molecular complexity index is 2080. The van der Waals surface area contributed by atoms with Crippen LogP contribution in [0.3, 0.4) is 0 Å². The molecule has 8 rings (SSSR count). The quantitative estimate of drug-likeness (QED) is 0.115. The van der Waals surface area contributed by atoms with Crippen LogP contribution in [0.1, 0.15) is 47.2 Å². The molecule has 0 heterocycles. The fraction of sp³-hybridized carbons (Fsp3) is 0.154. The number of rotatable bonds is 6. The summed E-state index contributed by atoms with van der Waals surface area (Å²) in [6.45, 7) is 16.1. The Labute approximate surface area is 366 Å². The van der Waals surface area contributed by atoms with Crippen LogP contribution in [0.25, 0.3) is 66.1 Å². The molecule has 288 valence electrons. The molecular weight excluding hydrogens is 815 g/mol. The summed E-state index contributed by atoms with van der Waals surface area (Å²) in [7, 11) is 0. The van der Waals surface area contributed by atoms with Crippen molar-refractivity contribution in [3.63, 3.8) is 0 Å². The molecule has 0 bridgehead atoms. The fourth-order valence-electron chi connectivity index (χ4n) is 7.07. The van der Waals surface area contributed by atoms with Gasteiger partial charge in [0.15, 0.2) is 0 Å². The average Bonchev–Trinajstić information content (AvgIpc) is 3.82. The molecule has 0 atom stereocenters. The Hall–Kier alpha value is -3.78. The van der Waals surface area contributed by atoms with Crippen molar-refractivity contribution in [2.45, 2.75) is 54.4 Å². The summed E-state index contributed by atoms with van der Waals surface area (Å²) in [4.78, 5) is 0. The molecule has 0 aliphatic rings. The molecule has 0 spiro atoms. The van der Waals surface area contributed by atoms with E-state index in [1.54, 1.807) is 0 Å². The van der Waals surface area contributed by atoms with E-state index in [-0.39, 0.29) is 39.7 Å². The van der Waals surface area contributed by atoms with Gasteiger partial charge in [-0.05, 0) is 51.7 Å². The molecule has 56 heavy (non-hydrogen) atoms. The maximum absolute atomic E-state index is 3.06. The molecule has 4 heteroatoms. The van der Waals surface area contributed by atoms with Gasteiger partial charge in [0, 0.05) is 0 Å². The van der Waals surface area contributed by atoms with Gasteiger partial charge >= 0.3 is 30.2 Å². The molecule has 0 aromatic heterocycles. The normalized spacial score (nSPS) is 10.0. The van der Waals surface area contributed by atoms with E-state index in [1.165, 1.54) is 123 Å². The minimum absolute atomic E-state index is 0. The molecule has 2 radical (unpaired) electrons. The van der Waals surface area contributed by atoms with Crippen LogP contribution < -0.4 is 0 Å². The van der Waals surface area contributed by atoms with Crippen molar-refractivity contribution < 1.29 is 23.3 Å². The summed E-state index contributed by atoms with van der Waals surface area (Å²) >= 11 is 1.36. The Morgan fingerprint density at radius 3 is 0.875 bits per heavy atom. The summed E-state index contributed by atoms with van der Waals surface area (Å²) in [6.07, 6.45) is 2.13. The molecule has 0 N–H and O–H groups in total. The van der Waals surface area contributed by atoms with Crippen molar-refractivity contribution in [3.8, 4) is 44.5 Å². The van der Waals surface area contributed by atoms with Crippen molar-refractivity contribution in [2.75, 3.05) is 0 Å². The van der Waals surface area contributed by atoms with Crippen molar-refractivity contribution in [2.24, 2.45) is 0 Å². The van der Waals surface area contributed by atoms with Gasteiger partial charge in [0.2, 0.25) is 0 Å². The summed E-state index contributed by atoms with van der Waals surface area (Å²) in [5.74, 6) is 0. The van der Waals surface area contributed by atoms with Crippen molar-refractivity contribution in [1.29, 1.82) is 0 Å². The van der Waals surface area contributed by atoms with E-state index in [9.17, 15) is 0 Å². The molecule has 8 aromatic carbocycles. The number of benzene rings is 6. The minimum atomic E-state index is 0. The number of hydrogen-bond donors (Lipinski definition) is 0. The Kier molecular flexibility index (Phi) is 19.2. The van der Waals surface area contributed by atoms with E-state index >= 15 is 0 Å². The monoisotopic (exact) mass is 866 g/mol. The van der Waals surface area contributed by atoms with Crippen LogP contribution in [0.4, 0.5) is 0 Å². The van der Waals surface area contributed by atoms with Crippen molar-refractivity contribution in [3.05, 3.63) is 194 Å². The number of halogens is 2. The third-order valence-electron chi connectivity index (χ3n) is 10.2. The van der Waals surface area contributed by atoms with Gasteiger partial charge < -0.3 is 14.9 Å². The van der Waals surface area contributed by atoms with Crippen LogP contribution in [0, 0.1) is 42.5 Å². The second-order valence-corrected chi connectivity index (χ2v) is 13.9. The van der Waals surface area contributed by atoms with Gasteiger partial charge in [-0.2, -0.15) is 12.1 Å². The molecule has 0 aliphatic heterocycles. The van der Waals surface area contributed by atoms with Gasteiger partial charge in [-0.1, -0.05) is 191 Å². The topological polar surface area (TPSA) is 0 Å². The Morgan fingerprint density at radius 2 is 0.625 bits per heavy atom. The predicted octanol–water partition coefficient (Wildman–Crippen LogP) is 15.5. The van der Waals surface area contributed by atoms with E-state index in [4.69, 9.17) is 0 Å². The molecule has 0 aliphatic carbocycles. The average molecular weight is 869 g/mol. The number of aryl methyl sites for hydroxylation is 6. The maximum atomic E-state index is 3.06. The van der Waals surface area contributed by atoms with E-state index in [2.05, 4.69) is 194 Å². The second kappa shape index (κ2) is 22.2. The van der Waals surface area contributed by atoms with Crippen LogP contribution in [-0.4, -0.2) is 6.88 Å². The molecule has 0 amide bonds. The van der Waals surface area contributed by atoms with Gasteiger partial charge in [-0.3, -0.25) is 0 Å². The third-order valence-corrected chi connectivity index (χ3v) is 10.2. The van der Waals surface area contributed by atoms with E-state index < -0.39 is 0 Å². The van der Waals surface area contributed by atoms with Gasteiger partial charge in [0.05, 0.1) is 0 Å². The van der Waals surface area contributed by atoms with E-state index in [1.807, 2.05) is 0 Å². The van der Waals surface area contributed by atoms with E-state index in [0.717, 1.165) is 12.8 Å². The van der Waals surface area contributed by atoms with Gasteiger partial charge in [-0.25, -0.2) is 0 Å². The zero-order chi connectivity index (χ0) is 36.8. The van der Waals surface area contributed by atoms with Crippen LogP contribution in [0.2, 0.25) is 0 Å². The summed E-state index contributed by atoms with van der Waals surface area (Å²) in [6, 6.07) is 54.0. The molecule has 0 saturated heterocycles. The Balaban J connectivity index is 0.000000347. The van der Waals surface area contributed by atoms with Crippen LogP contribution in [0.5, 0.6) is 0 Å². The SMILES string of the molecule is CCc1cc2c(-c3ccc(C)cc3)ccc(-c3ccc(C)cc3)c2[cH-]1.CCc1cc2c(-c3ccc(C)cc3)ccc(-c3ccc(C)cc3)c2[cH-]1.Cl.Cl.[CH3-].[CH3-].[Si]=[Zr]. The fourth-order valence-corrected chi connectivity index (χ4v) is 7.07. The molecule has 0 unspecified atom stereocenters. The first kappa shape index (κ1) is 48.4. The van der Waals surface area contributed by atoms with Gasteiger partial charge in [0.25, 0.3) is 0 Å². The van der Waals surface area contributed by atoms with Crippen LogP contribution in [-0.2, 0) is 36.2 Å². The first-order valence-corrected chi connectivity index (χ1v) is 22.5. The van der Waals surface area contributed by atoms with Crippen LogP contribution in [0.15, 0.2) is 146 Å². The van der Waals surface area contributed by atoms with Gasteiger partial charge in [0.1, 0.15) is 0 Å². The van der Waals surface area contributed by atoms with Crippen molar-refractivity contribution in [1.82, 2.24) is 0 Å². The second-order valence-electron chi connectivity index (χ2n) is 13.9.